The molecule has 1 aliphatic carbocycles. The number of hydrogen-bond acceptors (Lipinski definition) is 6. The Kier molecular flexibility index (Phi) is 6.66. The van der Waals surface area contributed by atoms with Crippen LogP contribution in [0.15, 0.2) is 36.9 Å². The lowest BCUT2D eigenvalue weighted by molar-refractivity contribution is 0.245. The number of aryl methyl sites for hydroxylation is 2. The van der Waals surface area contributed by atoms with Crippen molar-refractivity contribution in [3.8, 4) is 17.0 Å². The highest BCUT2D eigenvalue weighted by Crippen LogP contribution is 2.38. The van der Waals surface area contributed by atoms with Crippen LogP contribution >= 0.6 is 0 Å². The molecule has 1 saturated heterocycles. The van der Waals surface area contributed by atoms with Gasteiger partial charge in [0.05, 0.1) is 24.2 Å². The van der Waals surface area contributed by atoms with E-state index in [1.54, 1.807) is 18.7 Å². The fraction of sp³-hybridized carbons (Fsp3) is 0.400. The van der Waals surface area contributed by atoms with Gasteiger partial charge in [-0.3, -0.25) is 0 Å². The SMILES string of the molecule is CCOc1ccc(-c2nc(C3CCN(c4ncnc5c4C=C(c4cnn(C(C)F)c4)C5)CC3)[nH]c2C)cc1C. The van der Waals surface area contributed by atoms with Crippen molar-refractivity contribution in [3.05, 3.63) is 70.8 Å². The molecule has 202 valence electrons. The second-order valence-corrected chi connectivity index (χ2v) is 10.5. The molecule has 4 heterocycles. The number of hydrogen-bond donors (Lipinski definition) is 1. The first kappa shape index (κ1) is 25.3. The number of ether oxygens (including phenoxy) is 1. The van der Waals surface area contributed by atoms with E-state index in [0.29, 0.717) is 18.9 Å². The van der Waals surface area contributed by atoms with Gasteiger partial charge < -0.3 is 14.6 Å². The number of nitrogens with one attached hydrogen (secondary N) is 1. The quantitative estimate of drug-likeness (QED) is 0.315. The van der Waals surface area contributed by atoms with E-state index in [2.05, 4.69) is 57.0 Å². The molecule has 6 rings (SSSR count). The van der Waals surface area contributed by atoms with Crippen LogP contribution in [0.3, 0.4) is 0 Å². The molecule has 1 unspecified atom stereocenters. The maximum Gasteiger partial charge on any atom is 0.188 e. The minimum absolute atomic E-state index is 0.368. The smallest absolute Gasteiger partial charge is 0.188 e. The number of rotatable bonds is 7. The zero-order valence-electron chi connectivity index (χ0n) is 22.9. The number of alkyl halides is 1. The van der Waals surface area contributed by atoms with Gasteiger partial charge in [0.1, 0.15) is 23.7 Å². The van der Waals surface area contributed by atoms with Crippen molar-refractivity contribution in [2.75, 3.05) is 24.6 Å². The Labute approximate surface area is 228 Å². The molecule has 2 aliphatic rings. The third-order valence-electron chi connectivity index (χ3n) is 7.79. The Morgan fingerprint density at radius 2 is 1.97 bits per heavy atom. The number of imidazole rings is 1. The Bertz CT molecular complexity index is 1530. The van der Waals surface area contributed by atoms with E-state index in [1.807, 2.05) is 13.0 Å². The molecule has 0 bridgehead atoms. The monoisotopic (exact) mass is 527 g/mol. The number of anilines is 1. The summed E-state index contributed by atoms with van der Waals surface area (Å²) in [6.07, 6.45) is 8.81. The number of nitrogens with zero attached hydrogens (tertiary/aromatic N) is 6. The predicted octanol–water partition coefficient (Wildman–Crippen LogP) is 6.05. The van der Waals surface area contributed by atoms with Gasteiger partial charge in [0.25, 0.3) is 0 Å². The lowest BCUT2D eigenvalue weighted by Crippen LogP contribution is -2.34. The molecule has 0 radical (unpaired) electrons. The van der Waals surface area contributed by atoms with Gasteiger partial charge in [-0.25, -0.2) is 24.0 Å². The second-order valence-electron chi connectivity index (χ2n) is 10.5. The summed E-state index contributed by atoms with van der Waals surface area (Å²) in [6.45, 7) is 10.1. The van der Waals surface area contributed by atoms with Crippen LogP contribution in [0.25, 0.3) is 22.9 Å². The van der Waals surface area contributed by atoms with Crippen LogP contribution in [0.2, 0.25) is 0 Å². The van der Waals surface area contributed by atoms with Crippen LogP contribution in [0, 0.1) is 13.8 Å². The van der Waals surface area contributed by atoms with Gasteiger partial charge in [-0.1, -0.05) is 0 Å². The number of halogens is 1. The lowest BCUT2D eigenvalue weighted by Gasteiger charge is -2.32. The third kappa shape index (κ3) is 4.82. The standard InChI is InChI=1S/C30H34FN7O/c1-5-39-27-7-6-22(12-18(27)2)28-19(3)35-29(36-28)21-8-10-37(11-9-21)30-25-13-23(14-26(25)32-17-33-30)24-15-34-38(16-24)20(4)31/h6-7,12-13,15-17,20-21H,5,8-11,14H2,1-4H3,(H,35,36). The van der Waals surface area contributed by atoms with Crippen molar-refractivity contribution in [3.63, 3.8) is 0 Å². The number of piperidine rings is 1. The lowest BCUT2D eigenvalue weighted by atomic mass is 9.96. The molecule has 0 saturated carbocycles. The van der Waals surface area contributed by atoms with E-state index in [1.165, 1.54) is 11.6 Å². The average molecular weight is 528 g/mol. The summed E-state index contributed by atoms with van der Waals surface area (Å²) in [5.74, 6) is 3.32. The minimum Gasteiger partial charge on any atom is -0.494 e. The maximum absolute atomic E-state index is 13.7. The maximum atomic E-state index is 13.7. The van der Waals surface area contributed by atoms with Gasteiger partial charge >= 0.3 is 0 Å². The molecule has 0 amide bonds. The fourth-order valence-electron chi connectivity index (χ4n) is 5.69. The summed E-state index contributed by atoms with van der Waals surface area (Å²) < 4.78 is 20.7. The van der Waals surface area contributed by atoms with Gasteiger partial charge in [0.2, 0.25) is 0 Å². The molecule has 1 fully saturated rings. The summed E-state index contributed by atoms with van der Waals surface area (Å²) in [5, 5.41) is 4.16. The number of aromatic amines is 1. The summed E-state index contributed by atoms with van der Waals surface area (Å²) in [6, 6.07) is 6.28. The highest BCUT2D eigenvalue weighted by Gasteiger charge is 2.28. The summed E-state index contributed by atoms with van der Waals surface area (Å²) in [7, 11) is 0. The second kappa shape index (κ2) is 10.3. The molecule has 4 aromatic rings. The van der Waals surface area contributed by atoms with Crippen molar-refractivity contribution in [1.82, 2.24) is 29.7 Å². The normalized spacial score (nSPS) is 16.3. The number of H-pyrrole nitrogens is 1. The zero-order chi connectivity index (χ0) is 27.1. The molecule has 1 aliphatic heterocycles. The molecule has 3 aromatic heterocycles. The van der Waals surface area contributed by atoms with Gasteiger partial charge in [0, 0.05) is 54.0 Å². The summed E-state index contributed by atoms with van der Waals surface area (Å²) in [5.41, 5.74) is 8.42. The van der Waals surface area contributed by atoms with Crippen molar-refractivity contribution in [1.29, 1.82) is 0 Å². The van der Waals surface area contributed by atoms with Crippen LogP contribution in [0.4, 0.5) is 10.2 Å². The Morgan fingerprint density at radius 3 is 2.69 bits per heavy atom. The Hall–Kier alpha value is -4.01. The number of allylic oxidation sites excluding steroid dienone is 1. The largest absolute Gasteiger partial charge is 0.494 e. The van der Waals surface area contributed by atoms with Crippen molar-refractivity contribution in [2.45, 2.75) is 59.2 Å². The highest BCUT2D eigenvalue weighted by molar-refractivity contribution is 5.90. The van der Waals surface area contributed by atoms with Gasteiger partial charge in [-0.05, 0) is 75.9 Å². The minimum atomic E-state index is -1.15. The van der Waals surface area contributed by atoms with E-state index in [9.17, 15) is 4.39 Å². The fourth-order valence-corrected chi connectivity index (χ4v) is 5.69. The van der Waals surface area contributed by atoms with Crippen LogP contribution < -0.4 is 9.64 Å². The molecule has 0 spiro atoms. The van der Waals surface area contributed by atoms with E-state index in [4.69, 9.17) is 9.72 Å². The molecule has 9 heteroatoms. The first-order chi connectivity index (χ1) is 18.9. The predicted molar refractivity (Wildman–Crippen MR) is 151 cm³/mol. The highest BCUT2D eigenvalue weighted by atomic mass is 19.1. The molecule has 1 aromatic carbocycles. The molecular weight excluding hydrogens is 493 g/mol. The van der Waals surface area contributed by atoms with Crippen LogP contribution in [0.1, 0.15) is 72.8 Å². The first-order valence-corrected chi connectivity index (χ1v) is 13.7. The number of benzene rings is 1. The molecule has 1 atom stereocenters. The Balaban J connectivity index is 1.17. The number of fused-ring (bicyclic) bond motifs is 1. The number of aromatic nitrogens is 6. The molecule has 8 nitrogen and oxygen atoms in total. The van der Waals surface area contributed by atoms with E-state index in [0.717, 1.165) is 88.2 Å². The van der Waals surface area contributed by atoms with Gasteiger partial charge in [-0.2, -0.15) is 5.10 Å². The van der Waals surface area contributed by atoms with Crippen LogP contribution in [-0.4, -0.2) is 49.4 Å². The van der Waals surface area contributed by atoms with Crippen LogP contribution in [0.5, 0.6) is 5.75 Å². The van der Waals surface area contributed by atoms with Crippen molar-refractivity contribution < 1.29 is 9.13 Å². The summed E-state index contributed by atoms with van der Waals surface area (Å²) in [4.78, 5) is 20.2. The topological polar surface area (TPSA) is 84.8 Å². The molecule has 39 heavy (non-hydrogen) atoms. The van der Waals surface area contributed by atoms with E-state index < -0.39 is 6.30 Å². The van der Waals surface area contributed by atoms with E-state index in [-0.39, 0.29) is 0 Å². The Morgan fingerprint density at radius 1 is 1.15 bits per heavy atom. The summed E-state index contributed by atoms with van der Waals surface area (Å²) >= 11 is 0. The van der Waals surface area contributed by atoms with Crippen molar-refractivity contribution in [2.24, 2.45) is 0 Å². The average Bonchev–Trinajstić information content (AvgIpc) is 3.68. The third-order valence-corrected chi connectivity index (χ3v) is 7.79. The van der Waals surface area contributed by atoms with Gasteiger partial charge in [-0.15, -0.1) is 0 Å². The van der Waals surface area contributed by atoms with Gasteiger partial charge in [0.15, 0.2) is 6.30 Å². The van der Waals surface area contributed by atoms with Crippen LogP contribution in [-0.2, 0) is 6.42 Å². The molecule has 1 N–H and O–H groups in total. The van der Waals surface area contributed by atoms with Crippen molar-refractivity contribution >= 4 is 17.5 Å². The zero-order valence-corrected chi connectivity index (χ0v) is 22.9. The molecular formula is C30H34FN7O. The first-order valence-electron chi connectivity index (χ1n) is 13.7. The van der Waals surface area contributed by atoms with E-state index >= 15 is 0 Å².